The molecule has 1 aliphatic heterocycles. The summed E-state index contributed by atoms with van der Waals surface area (Å²) in [5.74, 6) is -0.634. The summed E-state index contributed by atoms with van der Waals surface area (Å²) in [4.78, 5) is 28.2. The lowest BCUT2D eigenvalue weighted by molar-refractivity contribution is -0.156. The summed E-state index contributed by atoms with van der Waals surface area (Å²) < 4.78 is 14.0. The van der Waals surface area contributed by atoms with Crippen LogP contribution in [0.3, 0.4) is 0 Å². The number of aryl methyl sites for hydroxylation is 1. The third-order valence-corrected chi connectivity index (χ3v) is 4.54. The summed E-state index contributed by atoms with van der Waals surface area (Å²) in [6, 6.07) is 13.8. The van der Waals surface area contributed by atoms with Crippen molar-refractivity contribution in [3.8, 4) is 0 Å². The summed E-state index contributed by atoms with van der Waals surface area (Å²) in [5.41, 5.74) is 2.34. The number of benzene rings is 2. The standard InChI is InChI=1S/C20H21FN2O2/c1-14-8-9-18(21)17(10-14)12-23-15(2)20(25)22(13-19(23)24)11-16-6-4-3-5-7-16/h3-10,15H,11-13H2,1-2H3/t15-/m1/s1. The summed E-state index contributed by atoms with van der Waals surface area (Å²) >= 11 is 0. The molecule has 2 aromatic carbocycles. The third kappa shape index (κ3) is 3.71. The molecule has 1 fully saturated rings. The molecule has 1 saturated heterocycles. The number of amides is 2. The molecule has 1 heterocycles. The quantitative estimate of drug-likeness (QED) is 0.859. The van der Waals surface area contributed by atoms with Gasteiger partial charge >= 0.3 is 0 Å². The lowest BCUT2D eigenvalue weighted by Crippen LogP contribution is -2.58. The van der Waals surface area contributed by atoms with Gasteiger partial charge in [0.15, 0.2) is 0 Å². The van der Waals surface area contributed by atoms with E-state index in [2.05, 4.69) is 0 Å². The molecule has 3 rings (SSSR count). The number of piperazine rings is 1. The van der Waals surface area contributed by atoms with Crippen LogP contribution in [0.1, 0.15) is 23.6 Å². The van der Waals surface area contributed by atoms with Crippen molar-refractivity contribution in [1.82, 2.24) is 9.80 Å². The largest absolute Gasteiger partial charge is 0.327 e. The number of rotatable bonds is 4. The van der Waals surface area contributed by atoms with Gasteiger partial charge in [-0.15, -0.1) is 0 Å². The second-order valence-corrected chi connectivity index (χ2v) is 6.47. The number of nitrogens with zero attached hydrogens (tertiary/aromatic N) is 2. The smallest absolute Gasteiger partial charge is 0.245 e. The van der Waals surface area contributed by atoms with Crippen LogP contribution in [0.2, 0.25) is 0 Å². The van der Waals surface area contributed by atoms with E-state index >= 15 is 0 Å². The minimum Gasteiger partial charge on any atom is -0.327 e. The van der Waals surface area contributed by atoms with Crippen LogP contribution < -0.4 is 0 Å². The zero-order valence-electron chi connectivity index (χ0n) is 14.4. The van der Waals surface area contributed by atoms with Gasteiger partial charge in [0.05, 0.1) is 0 Å². The van der Waals surface area contributed by atoms with Gasteiger partial charge in [-0.1, -0.05) is 48.0 Å². The van der Waals surface area contributed by atoms with Gasteiger partial charge in [0.1, 0.15) is 18.4 Å². The topological polar surface area (TPSA) is 40.6 Å². The Morgan fingerprint density at radius 3 is 2.52 bits per heavy atom. The highest BCUT2D eigenvalue weighted by Crippen LogP contribution is 2.20. The molecule has 25 heavy (non-hydrogen) atoms. The van der Waals surface area contributed by atoms with Crippen molar-refractivity contribution in [3.05, 3.63) is 71.0 Å². The lowest BCUT2D eigenvalue weighted by atomic mass is 10.1. The molecule has 0 unspecified atom stereocenters. The number of hydrogen-bond donors (Lipinski definition) is 0. The Hall–Kier alpha value is -2.69. The highest BCUT2D eigenvalue weighted by atomic mass is 19.1. The van der Waals surface area contributed by atoms with E-state index in [0.717, 1.165) is 11.1 Å². The molecule has 0 saturated carbocycles. The average molecular weight is 340 g/mol. The van der Waals surface area contributed by atoms with E-state index < -0.39 is 6.04 Å². The molecule has 130 valence electrons. The Kier molecular flexibility index (Phi) is 4.83. The van der Waals surface area contributed by atoms with E-state index in [1.54, 1.807) is 24.0 Å². The SMILES string of the molecule is Cc1ccc(F)c(CN2C(=O)CN(Cc3ccccc3)C(=O)[C@H]2C)c1. The molecular weight excluding hydrogens is 319 g/mol. The van der Waals surface area contributed by atoms with Crippen LogP contribution >= 0.6 is 0 Å². The Labute approximate surface area is 146 Å². The molecule has 0 spiro atoms. The summed E-state index contributed by atoms with van der Waals surface area (Å²) in [6.07, 6.45) is 0. The minimum absolute atomic E-state index is 0.0193. The van der Waals surface area contributed by atoms with Crippen LogP contribution in [-0.2, 0) is 22.7 Å². The number of hydrogen-bond acceptors (Lipinski definition) is 2. The average Bonchev–Trinajstić information content (AvgIpc) is 2.60. The molecule has 0 radical (unpaired) electrons. The van der Waals surface area contributed by atoms with E-state index in [1.165, 1.54) is 11.0 Å². The van der Waals surface area contributed by atoms with E-state index in [-0.39, 0.29) is 30.7 Å². The van der Waals surface area contributed by atoms with Crippen molar-refractivity contribution < 1.29 is 14.0 Å². The van der Waals surface area contributed by atoms with Crippen LogP contribution in [0.4, 0.5) is 4.39 Å². The van der Waals surface area contributed by atoms with Gasteiger partial charge in [-0.25, -0.2) is 4.39 Å². The van der Waals surface area contributed by atoms with Crippen LogP contribution in [0.15, 0.2) is 48.5 Å². The fourth-order valence-corrected chi connectivity index (χ4v) is 3.12. The molecule has 1 atom stereocenters. The van der Waals surface area contributed by atoms with Crippen molar-refractivity contribution in [1.29, 1.82) is 0 Å². The third-order valence-electron chi connectivity index (χ3n) is 4.54. The van der Waals surface area contributed by atoms with Crippen molar-refractivity contribution in [2.75, 3.05) is 6.54 Å². The summed E-state index contributed by atoms with van der Waals surface area (Å²) in [7, 11) is 0. The highest BCUT2D eigenvalue weighted by Gasteiger charge is 2.36. The Morgan fingerprint density at radius 1 is 1.08 bits per heavy atom. The van der Waals surface area contributed by atoms with Gasteiger partial charge in [0, 0.05) is 18.7 Å². The van der Waals surface area contributed by atoms with Crippen LogP contribution in [0, 0.1) is 12.7 Å². The fourth-order valence-electron chi connectivity index (χ4n) is 3.12. The molecule has 0 aromatic heterocycles. The Bertz CT molecular complexity index is 792. The monoisotopic (exact) mass is 340 g/mol. The first-order chi connectivity index (χ1) is 12.0. The van der Waals surface area contributed by atoms with Crippen LogP contribution in [-0.4, -0.2) is 34.2 Å². The zero-order valence-corrected chi connectivity index (χ0v) is 14.4. The predicted molar refractivity (Wildman–Crippen MR) is 93.0 cm³/mol. The minimum atomic E-state index is -0.607. The second-order valence-electron chi connectivity index (χ2n) is 6.47. The van der Waals surface area contributed by atoms with Gasteiger partial charge in [-0.3, -0.25) is 9.59 Å². The van der Waals surface area contributed by atoms with Crippen LogP contribution in [0.25, 0.3) is 0 Å². The van der Waals surface area contributed by atoms with Gasteiger partial charge in [0.25, 0.3) is 0 Å². The Balaban J connectivity index is 1.75. The van der Waals surface area contributed by atoms with Gasteiger partial charge < -0.3 is 9.80 Å². The first kappa shape index (κ1) is 17.1. The fraction of sp³-hybridized carbons (Fsp3) is 0.300. The van der Waals surface area contributed by atoms with Crippen molar-refractivity contribution in [2.24, 2.45) is 0 Å². The van der Waals surface area contributed by atoms with E-state index in [0.29, 0.717) is 12.1 Å². The number of halogens is 1. The molecule has 0 N–H and O–H groups in total. The molecule has 2 aromatic rings. The second kappa shape index (κ2) is 7.05. The van der Waals surface area contributed by atoms with E-state index in [1.807, 2.05) is 37.3 Å². The molecule has 4 nitrogen and oxygen atoms in total. The molecule has 0 bridgehead atoms. The normalized spacial score (nSPS) is 18.0. The molecule has 5 heteroatoms. The summed E-state index contributed by atoms with van der Waals surface area (Å²) in [6.45, 7) is 4.11. The van der Waals surface area contributed by atoms with Crippen molar-refractivity contribution in [2.45, 2.75) is 33.0 Å². The first-order valence-corrected chi connectivity index (χ1v) is 8.33. The summed E-state index contributed by atoms with van der Waals surface area (Å²) in [5, 5.41) is 0. The maximum atomic E-state index is 14.0. The molecule has 2 amide bonds. The maximum Gasteiger partial charge on any atom is 0.245 e. The van der Waals surface area contributed by atoms with E-state index in [9.17, 15) is 14.0 Å². The lowest BCUT2D eigenvalue weighted by Gasteiger charge is -2.39. The van der Waals surface area contributed by atoms with Gasteiger partial charge in [-0.2, -0.15) is 0 Å². The highest BCUT2D eigenvalue weighted by molar-refractivity contribution is 5.94. The predicted octanol–water partition coefficient (Wildman–Crippen LogP) is 2.89. The van der Waals surface area contributed by atoms with E-state index in [4.69, 9.17) is 0 Å². The molecule has 1 aliphatic rings. The van der Waals surface area contributed by atoms with Gasteiger partial charge in [-0.05, 0) is 25.5 Å². The molecular formula is C20H21FN2O2. The number of carbonyl (C=O) groups excluding carboxylic acids is 2. The van der Waals surface area contributed by atoms with Gasteiger partial charge in [0.2, 0.25) is 11.8 Å². The number of carbonyl (C=O) groups is 2. The Morgan fingerprint density at radius 2 is 1.80 bits per heavy atom. The molecule has 0 aliphatic carbocycles. The zero-order chi connectivity index (χ0) is 18.0. The van der Waals surface area contributed by atoms with Crippen LogP contribution in [0.5, 0.6) is 0 Å². The maximum absolute atomic E-state index is 14.0. The van der Waals surface area contributed by atoms with Crippen molar-refractivity contribution in [3.63, 3.8) is 0 Å². The first-order valence-electron chi connectivity index (χ1n) is 8.33. The van der Waals surface area contributed by atoms with Crippen molar-refractivity contribution >= 4 is 11.8 Å².